The average molecular weight is 412 g/mol. The van der Waals surface area contributed by atoms with Gasteiger partial charge in [-0.15, -0.1) is 0 Å². The number of nitrogens with one attached hydrogen (secondary N) is 1. The van der Waals surface area contributed by atoms with Crippen LogP contribution in [-0.4, -0.2) is 33.4 Å². The minimum atomic E-state index is -0.177. The van der Waals surface area contributed by atoms with E-state index in [0.29, 0.717) is 18.9 Å². The number of rotatable bonds is 6. The van der Waals surface area contributed by atoms with E-state index in [1.165, 1.54) is 23.4 Å². The molecular formula is C20H21N5OS2. The standard InChI is InChI=1S/C20H21N5OS2/c1-12-7-22-15(8-21-12)9-23-18(26)17-6-16-20(25(17)10-13-2-3-13)28-19(24-16)14-4-5-27-11-14/h4-5,7-8,11,13,17H,2-3,6,9-10H2,1H3,(H,23,26)/t17-/m0/s1. The predicted octanol–water partition coefficient (Wildman–Crippen LogP) is 3.43. The Morgan fingerprint density at radius 3 is 2.93 bits per heavy atom. The molecule has 0 bridgehead atoms. The van der Waals surface area contributed by atoms with Crippen molar-refractivity contribution in [3.05, 3.63) is 46.3 Å². The lowest BCUT2D eigenvalue weighted by Gasteiger charge is -2.25. The smallest absolute Gasteiger partial charge is 0.243 e. The summed E-state index contributed by atoms with van der Waals surface area (Å²) in [6.07, 6.45) is 6.64. The molecule has 4 heterocycles. The lowest BCUT2D eigenvalue weighted by molar-refractivity contribution is -0.122. The van der Waals surface area contributed by atoms with Gasteiger partial charge in [0.15, 0.2) is 0 Å². The van der Waals surface area contributed by atoms with Crippen molar-refractivity contribution in [2.45, 2.75) is 38.8 Å². The Kier molecular flexibility index (Phi) is 4.60. The van der Waals surface area contributed by atoms with Gasteiger partial charge in [-0.2, -0.15) is 11.3 Å². The summed E-state index contributed by atoms with van der Waals surface area (Å²) in [5, 5.41) is 9.48. The molecular weight excluding hydrogens is 390 g/mol. The van der Waals surface area contributed by atoms with Gasteiger partial charge in [-0.25, -0.2) is 4.98 Å². The van der Waals surface area contributed by atoms with Gasteiger partial charge in [0.1, 0.15) is 16.1 Å². The second-order valence-corrected chi connectivity index (χ2v) is 9.22. The molecule has 0 spiro atoms. The van der Waals surface area contributed by atoms with Gasteiger partial charge in [0.25, 0.3) is 0 Å². The molecule has 3 aromatic rings. The first-order valence-electron chi connectivity index (χ1n) is 9.51. The summed E-state index contributed by atoms with van der Waals surface area (Å²) < 4.78 is 0. The number of carbonyl (C=O) groups is 1. The van der Waals surface area contributed by atoms with Crippen LogP contribution in [0.5, 0.6) is 0 Å². The van der Waals surface area contributed by atoms with Crippen LogP contribution in [0, 0.1) is 12.8 Å². The third-order valence-corrected chi connectivity index (χ3v) is 7.07. The molecule has 6 nitrogen and oxygen atoms in total. The van der Waals surface area contributed by atoms with Gasteiger partial charge in [-0.1, -0.05) is 11.3 Å². The summed E-state index contributed by atoms with van der Waals surface area (Å²) in [4.78, 5) is 28.7. The molecule has 1 aliphatic carbocycles. The van der Waals surface area contributed by atoms with Crippen LogP contribution < -0.4 is 10.2 Å². The number of anilines is 1. The van der Waals surface area contributed by atoms with E-state index >= 15 is 0 Å². The monoisotopic (exact) mass is 411 g/mol. The summed E-state index contributed by atoms with van der Waals surface area (Å²) in [7, 11) is 0. The highest BCUT2D eigenvalue weighted by Gasteiger charge is 2.40. The zero-order chi connectivity index (χ0) is 19.1. The molecule has 1 aliphatic heterocycles. The number of aryl methyl sites for hydroxylation is 1. The quantitative estimate of drug-likeness (QED) is 0.673. The molecule has 1 amide bonds. The van der Waals surface area contributed by atoms with Crippen molar-refractivity contribution in [2.75, 3.05) is 11.4 Å². The van der Waals surface area contributed by atoms with Gasteiger partial charge in [0, 0.05) is 30.1 Å². The topological polar surface area (TPSA) is 71.0 Å². The van der Waals surface area contributed by atoms with Crippen LogP contribution in [0.1, 0.15) is 29.9 Å². The van der Waals surface area contributed by atoms with Gasteiger partial charge in [-0.05, 0) is 37.1 Å². The van der Waals surface area contributed by atoms with Crippen molar-refractivity contribution in [3.63, 3.8) is 0 Å². The highest BCUT2D eigenvalue weighted by Crippen LogP contribution is 2.43. The fraction of sp³-hybridized carbons (Fsp3) is 0.400. The van der Waals surface area contributed by atoms with Crippen LogP contribution in [0.3, 0.4) is 0 Å². The number of aromatic nitrogens is 3. The fourth-order valence-corrected chi connectivity index (χ4v) is 5.34. The van der Waals surface area contributed by atoms with E-state index in [4.69, 9.17) is 4.98 Å². The number of thiophene rings is 1. The number of fused-ring (bicyclic) bond motifs is 1. The van der Waals surface area contributed by atoms with E-state index in [2.05, 4.69) is 37.0 Å². The molecule has 5 rings (SSSR count). The molecule has 1 atom stereocenters. The van der Waals surface area contributed by atoms with Crippen LogP contribution >= 0.6 is 22.7 Å². The Balaban J connectivity index is 1.32. The van der Waals surface area contributed by atoms with E-state index in [0.717, 1.165) is 28.6 Å². The van der Waals surface area contributed by atoms with Crippen LogP contribution in [0.4, 0.5) is 5.00 Å². The maximum absolute atomic E-state index is 13.0. The SMILES string of the molecule is Cc1cnc(CNC(=O)[C@@H]2Cc3nc(-c4ccsc4)sc3N2CC2CC2)cn1. The normalized spacial score (nSPS) is 18.3. The molecule has 0 aromatic carbocycles. The summed E-state index contributed by atoms with van der Waals surface area (Å²) in [6, 6.07) is 1.93. The molecule has 1 saturated carbocycles. The highest BCUT2D eigenvalue weighted by molar-refractivity contribution is 7.19. The first kappa shape index (κ1) is 17.8. The number of amides is 1. The fourth-order valence-electron chi connectivity index (χ4n) is 3.47. The van der Waals surface area contributed by atoms with Crippen molar-refractivity contribution >= 4 is 33.6 Å². The zero-order valence-electron chi connectivity index (χ0n) is 15.6. The molecule has 144 valence electrons. The molecule has 28 heavy (non-hydrogen) atoms. The number of thiazole rings is 1. The van der Waals surface area contributed by atoms with E-state index in [-0.39, 0.29) is 11.9 Å². The maximum atomic E-state index is 13.0. The summed E-state index contributed by atoms with van der Waals surface area (Å²) >= 11 is 3.40. The zero-order valence-corrected chi connectivity index (χ0v) is 17.2. The molecule has 1 N–H and O–H groups in total. The predicted molar refractivity (Wildman–Crippen MR) is 112 cm³/mol. The minimum absolute atomic E-state index is 0.0466. The number of nitrogens with zero attached hydrogens (tertiary/aromatic N) is 4. The summed E-state index contributed by atoms with van der Waals surface area (Å²) in [5.74, 6) is 0.751. The summed E-state index contributed by atoms with van der Waals surface area (Å²) in [5.41, 5.74) is 3.88. The summed E-state index contributed by atoms with van der Waals surface area (Å²) in [6.45, 7) is 3.25. The van der Waals surface area contributed by atoms with Crippen molar-refractivity contribution in [1.29, 1.82) is 0 Å². The van der Waals surface area contributed by atoms with E-state index in [1.54, 1.807) is 35.1 Å². The largest absolute Gasteiger partial charge is 0.349 e. The first-order chi connectivity index (χ1) is 13.7. The number of hydrogen-bond acceptors (Lipinski definition) is 7. The Labute approximate surface area is 171 Å². The van der Waals surface area contributed by atoms with Crippen LogP contribution in [0.25, 0.3) is 10.6 Å². The molecule has 3 aromatic heterocycles. The second-order valence-electron chi connectivity index (χ2n) is 7.47. The van der Waals surface area contributed by atoms with Crippen molar-refractivity contribution in [2.24, 2.45) is 5.92 Å². The van der Waals surface area contributed by atoms with Gasteiger partial charge in [-0.3, -0.25) is 14.8 Å². The molecule has 1 fully saturated rings. The Morgan fingerprint density at radius 2 is 2.21 bits per heavy atom. The van der Waals surface area contributed by atoms with Crippen LogP contribution in [0.2, 0.25) is 0 Å². The molecule has 0 unspecified atom stereocenters. The highest BCUT2D eigenvalue weighted by atomic mass is 32.1. The van der Waals surface area contributed by atoms with E-state index in [9.17, 15) is 4.79 Å². The lowest BCUT2D eigenvalue weighted by atomic mass is 10.2. The van der Waals surface area contributed by atoms with Gasteiger partial charge in [0.05, 0.1) is 29.8 Å². The van der Waals surface area contributed by atoms with Gasteiger partial charge in [0.2, 0.25) is 5.91 Å². The lowest BCUT2D eigenvalue weighted by Crippen LogP contribution is -2.46. The van der Waals surface area contributed by atoms with Crippen molar-refractivity contribution in [1.82, 2.24) is 20.3 Å². The van der Waals surface area contributed by atoms with Crippen LogP contribution in [-0.2, 0) is 17.8 Å². The number of carbonyl (C=O) groups excluding carboxylic acids is 1. The Bertz CT molecular complexity index is 979. The maximum Gasteiger partial charge on any atom is 0.243 e. The Morgan fingerprint density at radius 1 is 1.32 bits per heavy atom. The van der Waals surface area contributed by atoms with Gasteiger partial charge >= 0.3 is 0 Å². The second kappa shape index (κ2) is 7.25. The van der Waals surface area contributed by atoms with E-state index in [1.807, 2.05) is 6.92 Å². The van der Waals surface area contributed by atoms with Crippen molar-refractivity contribution in [3.8, 4) is 10.6 Å². The molecule has 0 radical (unpaired) electrons. The van der Waals surface area contributed by atoms with Crippen LogP contribution in [0.15, 0.2) is 29.2 Å². The third-order valence-electron chi connectivity index (χ3n) is 5.20. The Hall–Kier alpha value is -2.32. The molecule has 2 aliphatic rings. The minimum Gasteiger partial charge on any atom is -0.349 e. The average Bonchev–Trinajstić information content (AvgIpc) is 3.08. The first-order valence-corrected chi connectivity index (χ1v) is 11.3. The molecule has 0 saturated heterocycles. The number of hydrogen-bond donors (Lipinski definition) is 1. The third kappa shape index (κ3) is 3.54. The van der Waals surface area contributed by atoms with Crippen molar-refractivity contribution < 1.29 is 4.79 Å². The van der Waals surface area contributed by atoms with E-state index < -0.39 is 0 Å². The molecule has 8 heteroatoms. The van der Waals surface area contributed by atoms with Gasteiger partial charge < -0.3 is 10.2 Å².